The summed E-state index contributed by atoms with van der Waals surface area (Å²) in [5, 5.41) is 3.26. The van der Waals surface area contributed by atoms with Crippen LogP contribution in [0.15, 0.2) is 36.4 Å². The van der Waals surface area contributed by atoms with E-state index < -0.39 is 11.8 Å². The van der Waals surface area contributed by atoms with E-state index in [1.807, 2.05) is 6.92 Å². The third-order valence-corrected chi connectivity index (χ3v) is 3.57. The molecule has 0 aromatic heterocycles. The molecule has 0 spiro atoms. The number of carbonyl (C=O) groups is 2. The molecule has 0 unspecified atom stereocenters. The fourth-order valence-corrected chi connectivity index (χ4v) is 2.09. The van der Waals surface area contributed by atoms with Crippen LogP contribution in [0, 0.1) is 6.92 Å². The Balaban J connectivity index is 2.33. The second-order valence-corrected chi connectivity index (χ2v) is 5.10. The highest BCUT2D eigenvalue weighted by atomic mass is 35.5. The van der Waals surface area contributed by atoms with E-state index in [0.717, 1.165) is 5.56 Å². The lowest BCUT2D eigenvalue weighted by Crippen LogP contribution is -2.16. The minimum absolute atomic E-state index is 0.218. The molecule has 2 rings (SSSR count). The van der Waals surface area contributed by atoms with E-state index in [2.05, 4.69) is 5.32 Å². The van der Waals surface area contributed by atoms with Crippen molar-refractivity contribution in [2.75, 3.05) is 12.4 Å². The Morgan fingerprint density at radius 2 is 1.91 bits per heavy atom. The first-order valence-electron chi connectivity index (χ1n) is 6.47. The van der Waals surface area contributed by atoms with E-state index in [1.54, 1.807) is 18.2 Å². The van der Waals surface area contributed by atoms with Crippen molar-refractivity contribution in [3.05, 3.63) is 58.1 Å². The van der Waals surface area contributed by atoms with Gasteiger partial charge in [-0.1, -0.05) is 17.7 Å². The smallest absolute Gasteiger partial charge is 0.259 e. The average molecular weight is 319 g/mol. The number of anilines is 1. The zero-order chi connectivity index (χ0) is 16.3. The minimum Gasteiger partial charge on any atom is -0.496 e. The molecular weight excluding hydrogens is 304 g/mol. The van der Waals surface area contributed by atoms with Crippen LogP contribution in [0.1, 0.15) is 26.3 Å². The molecule has 0 atom stereocenters. The minimum atomic E-state index is -0.616. The van der Waals surface area contributed by atoms with Crippen LogP contribution in [0.5, 0.6) is 5.75 Å². The van der Waals surface area contributed by atoms with Crippen LogP contribution in [-0.2, 0) is 0 Å². The van der Waals surface area contributed by atoms with Gasteiger partial charge < -0.3 is 15.8 Å². The molecule has 0 saturated heterocycles. The summed E-state index contributed by atoms with van der Waals surface area (Å²) in [5.41, 5.74) is 7.14. The summed E-state index contributed by atoms with van der Waals surface area (Å²) >= 11 is 6.03. The van der Waals surface area contributed by atoms with Crippen molar-refractivity contribution < 1.29 is 14.3 Å². The number of halogens is 1. The van der Waals surface area contributed by atoms with Gasteiger partial charge in [-0.2, -0.15) is 0 Å². The van der Waals surface area contributed by atoms with E-state index in [9.17, 15) is 9.59 Å². The van der Waals surface area contributed by atoms with Gasteiger partial charge in [0, 0.05) is 16.3 Å². The highest BCUT2D eigenvalue weighted by molar-refractivity contribution is 6.31. The Hall–Kier alpha value is -2.53. The Labute approximate surface area is 133 Å². The number of hydrogen-bond acceptors (Lipinski definition) is 3. The topological polar surface area (TPSA) is 81.4 Å². The fourth-order valence-electron chi connectivity index (χ4n) is 1.91. The number of methoxy groups -OCH3 is 1. The van der Waals surface area contributed by atoms with Crippen LogP contribution < -0.4 is 15.8 Å². The second kappa shape index (κ2) is 6.49. The molecule has 0 fully saturated rings. The maximum atomic E-state index is 12.4. The van der Waals surface area contributed by atoms with Crippen molar-refractivity contribution in [1.29, 1.82) is 0 Å². The normalized spacial score (nSPS) is 10.1. The molecule has 5 nitrogen and oxygen atoms in total. The summed E-state index contributed by atoms with van der Waals surface area (Å²) < 4.78 is 5.14. The first kappa shape index (κ1) is 15.9. The van der Waals surface area contributed by atoms with Gasteiger partial charge in [0.05, 0.1) is 12.7 Å². The molecule has 0 aliphatic carbocycles. The highest BCUT2D eigenvalue weighted by Crippen LogP contribution is 2.23. The van der Waals surface area contributed by atoms with Gasteiger partial charge in [0.25, 0.3) is 5.91 Å². The molecule has 22 heavy (non-hydrogen) atoms. The summed E-state index contributed by atoms with van der Waals surface area (Å²) in [6, 6.07) is 9.61. The van der Waals surface area contributed by atoms with E-state index >= 15 is 0 Å². The molecule has 3 N–H and O–H groups in total. The number of amides is 2. The lowest BCUT2D eigenvalue weighted by atomic mass is 10.1. The molecule has 6 heteroatoms. The molecule has 2 aromatic rings. The molecule has 0 aliphatic rings. The van der Waals surface area contributed by atoms with Crippen LogP contribution in [0.4, 0.5) is 5.69 Å². The van der Waals surface area contributed by atoms with Crippen molar-refractivity contribution in [1.82, 2.24) is 0 Å². The maximum Gasteiger partial charge on any atom is 0.259 e. The number of hydrogen-bond donors (Lipinski definition) is 2. The number of nitrogens with one attached hydrogen (secondary N) is 1. The van der Waals surface area contributed by atoms with Crippen molar-refractivity contribution in [3.8, 4) is 5.75 Å². The van der Waals surface area contributed by atoms with Gasteiger partial charge in [-0.3, -0.25) is 9.59 Å². The quantitative estimate of drug-likeness (QED) is 0.909. The predicted octanol–water partition coefficient (Wildman–Crippen LogP) is 3.01. The molecular formula is C16H15ClN2O3. The molecule has 114 valence electrons. The summed E-state index contributed by atoms with van der Waals surface area (Å²) in [7, 11) is 1.44. The third kappa shape index (κ3) is 3.38. The Kier molecular flexibility index (Phi) is 4.68. The van der Waals surface area contributed by atoms with Crippen molar-refractivity contribution >= 4 is 29.1 Å². The van der Waals surface area contributed by atoms with Gasteiger partial charge in [0.15, 0.2) is 0 Å². The van der Waals surface area contributed by atoms with Crippen molar-refractivity contribution in [3.63, 3.8) is 0 Å². The summed E-state index contributed by atoms with van der Waals surface area (Å²) in [4.78, 5) is 23.6. The van der Waals surface area contributed by atoms with Crippen molar-refractivity contribution in [2.45, 2.75) is 6.92 Å². The van der Waals surface area contributed by atoms with Crippen LogP contribution in [0.25, 0.3) is 0 Å². The third-order valence-electron chi connectivity index (χ3n) is 3.16. The zero-order valence-electron chi connectivity index (χ0n) is 12.1. The SMILES string of the molecule is COc1ccc(C(N)=O)cc1C(=O)Nc1ccc(C)c(Cl)c1. The Morgan fingerprint density at radius 1 is 1.18 bits per heavy atom. The molecule has 0 radical (unpaired) electrons. The number of nitrogens with two attached hydrogens (primary N) is 1. The van der Waals surface area contributed by atoms with E-state index in [4.69, 9.17) is 22.1 Å². The number of benzene rings is 2. The first-order chi connectivity index (χ1) is 10.4. The summed E-state index contributed by atoms with van der Waals surface area (Å²) in [6.07, 6.45) is 0. The monoisotopic (exact) mass is 318 g/mol. The van der Waals surface area contributed by atoms with Crippen LogP contribution in [0.3, 0.4) is 0 Å². The fraction of sp³-hybridized carbons (Fsp3) is 0.125. The van der Waals surface area contributed by atoms with Crippen LogP contribution >= 0.6 is 11.6 Å². The standard InChI is InChI=1S/C16H15ClN2O3/c1-9-3-5-11(8-13(9)17)19-16(21)12-7-10(15(18)20)4-6-14(12)22-2/h3-8H,1-2H3,(H2,18,20)(H,19,21). The van der Waals surface area contributed by atoms with Gasteiger partial charge in [0.1, 0.15) is 5.75 Å². The molecule has 2 amide bonds. The number of carbonyl (C=O) groups excluding carboxylic acids is 2. The zero-order valence-corrected chi connectivity index (χ0v) is 12.9. The van der Waals surface area contributed by atoms with E-state index in [-0.39, 0.29) is 11.1 Å². The van der Waals surface area contributed by atoms with E-state index in [1.165, 1.54) is 25.3 Å². The average Bonchev–Trinajstić information content (AvgIpc) is 2.50. The Morgan fingerprint density at radius 3 is 2.50 bits per heavy atom. The van der Waals surface area contributed by atoms with E-state index in [0.29, 0.717) is 16.5 Å². The Bertz CT molecular complexity index is 744. The number of rotatable bonds is 4. The summed E-state index contributed by atoms with van der Waals surface area (Å²) in [5.74, 6) is -0.685. The lowest BCUT2D eigenvalue weighted by molar-refractivity contribution is 0.1000. The highest BCUT2D eigenvalue weighted by Gasteiger charge is 2.15. The maximum absolute atomic E-state index is 12.4. The molecule has 0 heterocycles. The van der Waals surface area contributed by atoms with Crippen molar-refractivity contribution in [2.24, 2.45) is 5.73 Å². The molecule has 0 bridgehead atoms. The van der Waals surface area contributed by atoms with Gasteiger partial charge in [0.2, 0.25) is 5.91 Å². The van der Waals surface area contributed by atoms with Gasteiger partial charge in [-0.25, -0.2) is 0 Å². The van der Waals surface area contributed by atoms with Gasteiger partial charge in [-0.15, -0.1) is 0 Å². The number of primary amides is 1. The van der Waals surface area contributed by atoms with Gasteiger partial charge in [-0.05, 0) is 42.8 Å². The van der Waals surface area contributed by atoms with Crippen LogP contribution in [-0.4, -0.2) is 18.9 Å². The second-order valence-electron chi connectivity index (χ2n) is 4.70. The first-order valence-corrected chi connectivity index (χ1v) is 6.85. The molecule has 2 aromatic carbocycles. The molecule has 0 aliphatic heterocycles. The van der Waals surface area contributed by atoms with Crippen LogP contribution in [0.2, 0.25) is 5.02 Å². The predicted molar refractivity (Wildman–Crippen MR) is 85.7 cm³/mol. The largest absolute Gasteiger partial charge is 0.496 e. The number of ether oxygens (including phenoxy) is 1. The summed E-state index contributed by atoms with van der Waals surface area (Å²) in [6.45, 7) is 1.87. The molecule has 0 saturated carbocycles. The number of aryl methyl sites for hydroxylation is 1. The lowest BCUT2D eigenvalue weighted by Gasteiger charge is -2.11. The van der Waals surface area contributed by atoms with Gasteiger partial charge >= 0.3 is 0 Å².